The lowest BCUT2D eigenvalue weighted by Gasteiger charge is -2.08. The Balaban J connectivity index is 2.56. The summed E-state index contributed by atoms with van der Waals surface area (Å²) in [6.07, 6.45) is 0.358. The molecule has 1 aromatic rings. The van der Waals surface area contributed by atoms with E-state index in [9.17, 15) is 9.18 Å². The fourth-order valence-corrected chi connectivity index (χ4v) is 1.38. The molecule has 3 heteroatoms. The number of hydrogen-bond acceptors (Lipinski definition) is 2. The molecule has 0 spiro atoms. The van der Waals surface area contributed by atoms with E-state index < -0.39 is 0 Å². The summed E-state index contributed by atoms with van der Waals surface area (Å²) < 4.78 is 18.0. The standard InChI is InChI=1S/C13H17FO2/c1-9(2)16-8-13(15)7-11-4-5-12(14)6-10(11)3/h4-6,9H,7-8H2,1-3H3. The Morgan fingerprint density at radius 3 is 2.69 bits per heavy atom. The quantitative estimate of drug-likeness (QED) is 0.768. The van der Waals surface area contributed by atoms with Crippen LogP contribution in [-0.2, 0) is 16.0 Å². The highest BCUT2D eigenvalue weighted by Gasteiger charge is 2.07. The van der Waals surface area contributed by atoms with Gasteiger partial charge in [0, 0.05) is 6.42 Å². The molecule has 0 bridgehead atoms. The van der Waals surface area contributed by atoms with Crippen molar-refractivity contribution in [2.45, 2.75) is 33.3 Å². The van der Waals surface area contributed by atoms with E-state index in [0.717, 1.165) is 11.1 Å². The maximum atomic E-state index is 12.8. The average Bonchev–Trinajstić information content (AvgIpc) is 2.19. The molecule has 0 aliphatic carbocycles. The lowest BCUT2D eigenvalue weighted by atomic mass is 10.0. The van der Waals surface area contributed by atoms with Crippen LogP contribution in [0.2, 0.25) is 0 Å². The molecule has 1 rings (SSSR count). The molecule has 0 saturated heterocycles. The van der Waals surface area contributed by atoms with Gasteiger partial charge in [0.15, 0.2) is 5.78 Å². The van der Waals surface area contributed by atoms with Crippen LogP contribution < -0.4 is 0 Å². The number of Topliss-reactive ketones (excluding diaryl/α,β-unsaturated/α-hetero) is 1. The van der Waals surface area contributed by atoms with Crippen molar-refractivity contribution < 1.29 is 13.9 Å². The first-order valence-corrected chi connectivity index (χ1v) is 5.37. The highest BCUT2D eigenvalue weighted by Crippen LogP contribution is 2.11. The monoisotopic (exact) mass is 224 g/mol. The van der Waals surface area contributed by atoms with E-state index >= 15 is 0 Å². The van der Waals surface area contributed by atoms with Crippen LogP contribution in [0, 0.1) is 12.7 Å². The van der Waals surface area contributed by atoms with E-state index in [1.165, 1.54) is 12.1 Å². The zero-order valence-corrected chi connectivity index (χ0v) is 9.92. The van der Waals surface area contributed by atoms with Crippen molar-refractivity contribution >= 4 is 5.78 Å². The molecule has 88 valence electrons. The van der Waals surface area contributed by atoms with Crippen molar-refractivity contribution in [2.24, 2.45) is 0 Å². The van der Waals surface area contributed by atoms with Crippen LogP contribution in [0.3, 0.4) is 0 Å². The van der Waals surface area contributed by atoms with Gasteiger partial charge in [-0.3, -0.25) is 4.79 Å². The van der Waals surface area contributed by atoms with Crippen molar-refractivity contribution in [1.82, 2.24) is 0 Å². The molecule has 0 heterocycles. The Morgan fingerprint density at radius 1 is 1.44 bits per heavy atom. The van der Waals surface area contributed by atoms with Crippen LogP contribution in [-0.4, -0.2) is 18.5 Å². The van der Waals surface area contributed by atoms with Crippen LogP contribution in [0.25, 0.3) is 0 Å². The van der Waals surface area contributed by atoms with Gasteiger partial charge in [-0.25, -0.2) is 4.39 Å². The Bertz CT molecular complexity index is 372. The number of ketones is 1. The van der Waals surface area contributed by atoms with Crippen molar-refractivity contribution in [3.63, 3.8) is 0 Å². The normalized spacial score (nSPS) is 10.8. The number of hydrogen-bond donors (Lipinski definition) is 0. The second-order valence-corrected chi connectivity index (χ2v) is 4.15. The van der Waals surface area contributed by atoms with Crippen molar-refractivity contribution in [2.75, 3.05) is 6.61 Å². The van der Waals surface area contributed by atoms with Gasteiger partial charge in [0.2, 0.25) is 0 Å². The first-order valence-electron chi connectivity index (χ1n) is 5.37. The van der Waals surface area contributed by atoms with Crippen LogP contribution >= 0.6 is 0 Å². The number of halogens is 1. The molecule has 0 aliphatic heterocycles. The number of carbonyl (C=O) groups is 1. The summed E-state index contributed by atoms with van der Waals surface area (Å²) in [5.41, 5.74) is 1.66. The van der Waals surface area contributed by atoms with Gasteiger partial charge in [0.25, 0.3) is 0 Å². The maximum Gasteiger partial charge on any atom is 0.162 e. The summed E-state index contributed by atoms with van der Waals surface area (Å²) in [7, 11) is 0. The third-order valence-corrected chi connectivity index (χ3v) is 2.27. The number of carbonyl (C=O) groups excluding carboxylic acids is 1. The predicted molar refractivity (Wildman–Crippen MR) is 60.9 cm³/mol. The van der Waals surface area contributed by atoms with Gasteiger partial charge < -0.3 is 4.74 Å². The topological polar surface area (TPSA) is 26.3 Å². The average molecular weight is 224 g/mol. The zero-order chi connectivity index (χ0) is 12.1. The Hall–Kier alpha value is -1.22. The van der Waals surface area contributed by atoms with Crippen LogP contribution in [0.4, 0.5) is 4.39 Å². The molecule has 0 amide bonds. The molecule has 0 fully saturated rings. The van der Waals surface area contributed by atoms with Gasteiger partial charge in [-0.15, -0.1) is 0 Å². The summed E-state index contributed by atoms with van der Waals surface area (Å²) in [4.78, 5) is 11.5. The number of rotatable bonds is 5. The van der Waals surface area contributed by atoms with E-state index in [4.69, 9.17) is 4.74 Å². The van der Waals surface area contributed by atoms with Gasteiger partial charge in [-0.2, -0.15) is 0 Å². The largest absolute Gasteiger partial charge is 0.371 e. The molecule has 16 heavy (non-hydrogen) atoms. The number of benzene rings is 1. The lowest BCUT2D eigenvalue weighted by molar-refractivity contribution is -0.124. The van der Waals surface area contributed by atoms with Crippen LogP contribution in [0.5, 0.6) is 0 Å². The van der Waals surface area contributed by atoms with Crippen LogP contribution in [0.1, 0.15) is 25.0 Å². The van der Waals surface area contributed by atoms with E-state index in [-0.39, 0.29) is 24.3 Å². The van der Waals surface area contributed by atoms with Crippen molar-refractivity contribution in [3.05, 3.63) is 35.1 Å². The summed E-state index contributed by atoms with van der Waals surface area (Å²) in [5, 5.41) is 0. The molecule has 0 unspecified atom stereocenters. The molecular formula is C13H17FO2. The maximum absolute atomic E-state index is 12.8. The van der Waals surface area contributed by atoms with E-state index in [2.05, 4.69) is 0 Å². The smallest absolute Gasteiger partial charge is 0.162 e. The molecule has 1 aromatic carbocycles. The SMILES string of the molecule is Cc1cc(F)ccc1CC(=O)COC(C)C. The third kappa shape index (κ3) is 4.11. The molecule has 0 atom stereocenters. The van der Waals surface area contributed by atoms with Gasteiger partial charge in [-0.05, 0) is 44.0 Å². The number of aryl methyl sites for hydroxylation is 1. The molecule has 0 aliphatic rings. The van der Waals surface area contributed by atoms with Crippen LogP contribution in [0.15, 0.2) is 18.2 Å². The first kappa shape index (κ1) is 12.8. The molecule has 0 saturated carbocycles. The fraction of sp³-hybridized carbons (Fsp3) is 0.462. The first-order chi connectivity index (χ1) is 7.49. The predicted octanol–water partition coefficient (Wildman–Crippen LogP) is 2.67. The van der Waals surface area contributed by atoms with E-state index in [1.807, 2.05) is 13.8 Å². The highest BCUT2D eigenvalue weighted by molar-refractivity contribution is 5.82. The fourth-order valence-electron chi connectivity index (χ4n) is 1.38. The minimum absolute atomic E-state index is 0.0170. The molecule has 0 N–H and O–H groups in total. The van der Waals surface area contributed by atoms with E-state index in [0.29, 0.717) is 6.42 Å². The summed E-state index contributed by atoms with van der Waals surface area (Å²) in [6, 6.07) is 4.46. The lowest BCUT2D eigenvalue weighted by Crippen LogP contribution is -2.15. The second-order valence-electron chi connectivity index (χ2n) is 4.15. The summed E-state index contributed by atoms with van der Waals surface area (Å²) in [5.74, 6) is -0.254. The molecule has 0 aromatic heterocycles. The molecular weight excluding hydrogens is 207 g/mol. The third-order valence-electron chi connectivity index (χ3n) is 2.27. The molecule has 0 radical (unpaired) electrons. The second kappa shape index (κ2) is 5.75. The van der Waals surface area contributed by atoms with Crippen molar-refractivity contribution in [3.8, 4) is 0 Å². The minimum Gasteiger partial charge on any atom is -0.371 e. The van der Waals surface area contributed by atoms with Gasteiger partial charge in [0.1, 0.15) is 12.4 Å². The van der Waals surface area contributed by atoms with Crippen molar-refractivity contribution in [1.29, 1.82) is 0 Å². The van der Waals surface area contributed by atoms with Gasteiger partial charge in [-0.1, -0.05) is 6.07 Å². The highest BCUT2D eigenvalue weighted by atomic mass is 19.1. The van der Waals surface area contributed by atoms with Gasteiger partial charge in [0.05, 0.1) is 6.10 Å². The molecule has 2 nitrogen and oxygen atoms in total. The minimum atomic E-state index is -0.271. The number of ether oxygens (including phenoxy) is 1. The summed E-state index contributed by atoms with van der Waals surface area (Å²) in [6.45, 7) is 5.69. The Kier molecular flexibility index (Phi) is 4.62. The Morgan fingerprint density at radius 2 is 2.12 bits per heavy atom. The summed E-state index contributed by atoms with van der Waals surface area (Å²) >= 11 is 0. The Labute approximate surface area is 95.4 Å². The van der Waals surface area contributed by atoms with Gasteiger partial charge >= 0.3 is 0 Å². The zero-order valence-electron chi connectivity index (χ0n) is 9.92. The van der Waals surface area contributed by atoms with E-state index in [1.54, 1.807) is 13.0 Å².